The first-order chi connectivity index (χ1) is 28.4. The van der Waals surface area contributed by atoms with Crippen molar-refractivity contribution in [2.45, 2.75) is 30.1 Å². The smallest absolute Gasteiger partial charge is 0.410 e. The van der Waals surface area contributed by atoms with Crippen molar-refractivity contribution in [1.29, 1.82) is 0 Å². The molecular formula is C49H47NO7S. The maximum atomic E-state index is 14.5. The van der Waals surface area contributed by atoms with Gasteiger partial charge in [-0.05, 0) is 45.4 Å². The van der Waals surface area contributed by atoms with Crippen LogP contribution >= 0.6 is 11.8 Å². The molecule has 6 aromatic carbocycles. The van der Waals surface area contributed by atoms with Crippen LogP contribution in [0.15, 0.2) is 152 Å². The van der Waals surface area contributed by atoms with E-state index in [9.17, 15) is 9.59 Å². The lowest BCUT2D eigenvalue weighted by Gasteiger charge is -2.36. The Bertz CT molecular complexity index is 2130. The van der Waals surface area contributed by atoms with E-state index in [2.05, 4.69) is 97.1 Å². The number of carboxylic acids is 1. The lowest BCUT2D eigenvalue weighted by atomic mass is 9.84. The summed E-state index contributed by atoms with van der Waals surface area (Å²) in [6.07, 6.45) is -0.101. The normalized spacial score (nSPS) is 12.0. The molecule has 8 nitrogen and oxygen atoms in total. The number of ether oxygens (including phenoxy) is 4. The summed E-state index contributed by atoms with van der Waals surface area (Å²) < 4.78 is 23.3. The van der Waals surface area contributed by atoms with Gasteiger partial charge in [0.15, 0.2) is 0 Å². The number of benzene rings is 6. The van der Waals surface area contributed by atoms with Crippen molar-refractivity contribution in [2.75, 3.05) is 39.7 Å². The first-order valence-corrected chi connectivity index (χ1v) is 20.4. The summed E-state index contributed by atoms with van der Waals surface area (Å²) in [4.78, 5) is 27.3. The molecule has 0 radical (unpaired) electrons. The molecule has 0 spiro atoms. The molecule has 9 heteroatoms. The monoisotopic (exact) mass is 793 g/mol. The van der Waals surface area contributed by atoms with Gasteiger partial charge in [0.05, 0.1) is 37.7 Å². The minimum Gasteiger partial charge on any atom is -0.496 e. The van der Waals surface area contributed by atoms with E-state index >= 15 is 0 Å². The molecule has 0 fully saturated rings. The molecule has 1 aliphatic carbocycles. The molecular weight excluding hydrogens is 747 g/mol. The number of thioether (sulfide) groups is 1. The quantitative estimate of drug-likeness (QED) is 0.0679. The zero-order valence-corrected chi connectivity index (χ0v) is 33.5. The number of aliphatic carboxylic acids is 1. The Morgan fingerprint density at radius 2 is 1.17 bits per heavy atom. The molecule has 1 amide bonds. The fourth-order valence-corrected chi connectivity index (χ4v) is 9.33. The van der Waals surface area contributed by atoms with Crippen molar-refractivity contribution < 1.29 is 33.6 Å². The van der Waals surface area contributed by atoms with Crippen LogP contribution in [-0.2, 0) is 20.8 Å². The number of carboxylic acid groups (broad SMARTS) is 1. The van der Waals surface area contributed by atoms with Gasteiger partial charge in [0.25, 0.3) is 0 Å². The standard InChI is InChI=1S/C49H47NO7S/c1-54-45-31-38(56-29-16-27-47(51)52)32-46(55-2)43(45)33-50(48(53)57-34-44-41-25-14-12-23-39(41)40-24-13-15-26-42(40)44)28-30-58-49(35-17-6-3-7-18-35,36-19-8-4-9-20-36)37-21-10-5-11-22-37/h3-15,17-26,31-32,44H,16,27-30,33-34H2,1-2H3,(H,51,52). The molecule has 0 saturated carbocycles. The molecule has 0 atom stereocenters. The SMILES string of the molecule is COc1cc(OCCCC(=O)O)cc(OC)c1CN(CCSC(c1ccccc1)(c1ccccc1)c1ccccc1)C(=O)OCC1c2ccccc2-c2ccccc21. The number of methoxy groups -OCH3 is 2. The summed E-state index contributed by atoms with van der Waals surface area (Å²) in [6.45, 7) is 0.871. The van der Waals surface area contributed by atoms with Crippen LogP contribution in [0.4, 0.5) is 4.79 Å². The van der Waals surface area contributed by atoms with Gasteiger partial charge in [0.2, 0.25) is 0 Å². The molecule has 1 aliphatic rings. The summed E-state index contributed by atoms with van der Waals surface area (Å²) in [5.41, 5.74) is 8.64. The largest absolute Gasteiger partial charge is 0.496 e. The molecule has 0 saturated heterocycles. The lowest BCUT2D eigenvalue weighted by molar-refractivity contribution is -0.137. The number of fused-ring (bicyclic) bond motifs is 3. The minimum absolute atomic E-state index is 0.000430. The lowest BCUT2D eigenvalue weighted by Crippen LogP contribution is -2.35. The number of nitrogens with zero attached hydrogens (tertiary/aromatic N) is 1. The first kappa shape index (κ1) is 40.0. The van der Waals surface area contributed by atoms with E-state index in [1.807, 2.05) is 42.5 Å². The maximum Gasteiger partial charge on any atom is 0.410 e. The van der Waals surface area contributed by atoms with Crippen LogP contribution in [-0.4, -0.2) is 61.8 Å². The van der Waals surface area contributed by atoms with E-state index in [1.165, 1.54) is 0 Å². The number of amides is 1. The Labute approximate surface area is 344 Å². The van der Waals surface area contributed by atoms with Crippen LogP contribution < -0.4 is 14.2 Å². The third-order valence-electron chi connectivity index (χ3n) is 10.5. The number of carbonyl (C=O) groups excluding carboxylic acids is 1. The Kier molecular flexibility index (Phi) is 13.0. The third-order valence-corrected chi connectivity index (χ3v) is 12.1. The highest BCUT2D eigenvalue weighted by atomic mass is 32.2. The molecule has 0 aliphatic heterocycles. The van der Waals surface area contributed by atoms with Crippen molar-refractivity contribution in [3.05, 3.63) is 185 Å². The summed E-state index contributed by atoms with van der Waals surface area (Å²) in [6, 6.07) is 51.6. The highest BCUT2D eigenvalue weighted by Crippen LogP contribution is 2.49. The predicted octanol–water partition coefficient (Wildman–Crippen LogP) is 10.4. The fraction of sp³-hybridized carbons (Fsp3) is 0.224. The Balaban J connectivity index is 1.20. The van der Waals surface area contributed by atoms with Gasteiger partial charge in [-0.15, -0.1) is 11.8 Å². The molecule has 6 aromatic rings. The van der Waals surface area contributed by atoms with E-state index in [4.69, 9.17) is 24.1 Å². The van der Waals surface area contributed by atoms with Gasteiger partial charge in [0.1, 0.15) is 23.9 Å². The molecule has 0 bridgehead atoms. The van der Waals surface area contributed by atoms with Gasteiger partial charge >= 0.3 is 12.1 Å². The van der Waals surface area contributed by atoms with Gasteiger partial charge in [-0.3, -0.25) is 4.79 Å². The van der Waals surface area contributed by atoms with Crippen LogP contribution in [0.1, 0.15) is 52.1 Å². The van der Waals surface area contributed by atoms with Crippen LogP contribution in [0.2, 0.25) is 0 Å². The van der Waals surface area contributed by atoms with Gasteiger partial charge in [0, 0.05) is 36.8 Å². The van der Waals surface area contributed by atoms with Crippen LogP contribution in [0, 0.1) is 0 Å². The van der Waals surface area contributed by atoms with E-state index in [-0.39, 0.29) is 32.1 Å². The second-order valence-corrected chi connectivity index (χ2v) is 15.3. The number of hydrogen-bond acceptors (Lipinski definition) is 7. The van der Waals surface area contributed by atoms with E-state index in [1.54, 1.807) is 43.0 Å². The number of carbonyl (C=O) groups is 2. The van der Waals surface area contributed by atoms with Gasteiger partial charge in [-0.1, -0.05) is 140 Å². The summed E-state index contributed by atoms with van der Waals surface area (Å²) in [7, 11) is 3.13. The van der Waals surface area contributed by atoms with Crippen molar-refractivity contribution in [3.63, 3.8) is 0 Å². The fourth-order valence-electron chi connectivity index (χ4n) is 7.80. The van der Waals surface area contributed by atoms with Crippen molar-refractivity contribution in [2.24, 2.45) is 0 Å². The predicted molar refractivity (Wildman–Crippen MR) is 229 cm³/mol. The number of rotatable bonds is 18. The Morgan fingerprint density at radius 1 is 0.690 bits per heavy atom. The van der Waals surface area contributed by atoms with E-state index in [0.717, 1.165) is 38.9 Å². The van der Waals surface area contributed by atoms with Crippen LogP contribution in [0.5, 0.6) is 17.2 Å². The van der Waals surface area contributed by atoms with Gasteiger partial charge in [-0.25, -0.2) is 4.79 Å². The second-order valence-electron chi connectivity index (χ2n) is 14.0. The minimum atomic E-state index is -0.880. The van der Waals surface area contributed by atoms with Crippen molar-refractivity contribution in [1.82, 2.24) is 4.90 Å². The third kappa shape index (κ3) is 8.70. The molecule has 7 rings (SSSR count). The topological polar surface area (TPSA) is 94.5 Å². The molecule has 0 aromatic heterocycles. The van der Waals surface area contributed by atoms with Crippen LogP contribution in [0.3, 0.4) is 0 Å². The summed E-state index contributed by atoms with van der Waals surface area (Å²) in [5, 5.41) is 9.07. The zero-order valence-electron chi connectivity index (χ0n) is 32.7. The average molecular weight is 794 g/mol. The number of hydrogen-bond donors (Lipinski definition) is 1. The van der Waals surface area contributed by atoms with E-state index in [0.29, 0.717) is 41.5 Å². The average Bonchev–Trinajstić information content (AvgIpc) is 3.59. The highest BCUT2D eigenvalue weighted by molar-refractivity contribution is 8.00. The second kappa shape index (κ2) is 18.8. The van der Waals surface area contributed by atoms with Crippen LogP contribution in [0.25, 0.3) is 11.1 Å². The van der Waals surface area contributed by atoms with Crippen molar-refractivity contribution >= 4 is 23.8 Å². The summed E-state index contributed by atoms with van der Waals surface area (Å²) >= 11 is 1.77. The maximum absolute atomic E-state index is 14.5. The van der Waals surface area contributed by atoms with Gasteiger partial charge in [-0.2, -0.15) is 0 Å². The van der Waals surface area contributed by atoms with E-state index < -0.39 is 16.8 Å². The zero-order chi connectivity index (χ0) is 40.3. The molecule has 58 heavy (non-hydrogen) atoms. The molecule has 0 unspecified atom stereocenters. The molecule has 1 N–H and O–H groups in total. The van der Waals surface area contributed by atoms with Gasteiger partial charge < -0.3 is 29.0 Å². The Morgan fingerprint density at radius 3 is 1.66 bits per heavy atom. The highest BCUT2D eigenvalue weighted by Gasteiger charge is 2.37. The summed E-state index contributed by atoms with van der Waals surface area (Å²) in [5.74, 6) is 1.00. The Hall–Kier alpha value is -6.19. The first-order valence-electron chi connectivity index (χ1n) is 19.4. The van der Waals surface area contributed by atoms with Crippen molar-refractivity contribution in [3.8, 4) is 28.4 Å². The molecule has 296 valence electrons. The molecule has 0 heterocycles.